The second-order valence-corrected chi connectivity index (χ2v) is 6.31. The van der Waals surface area contributed by atoms with E-state index in [9.17, 15) is 9.59 Å². The highest BCUT2D eigenvalue weighted by Gasteiger charge is 2.34. The minimum atomic E-state index is -1.02. The van der Waals surface area contributed by atoms with E-state index in [1.54, 1.807) is 24.3 Å². The molecular weight excluding hydrogens is 338 g/mol. The zero-order valence-corrected chi connectivity index (χ0v) is 14.3. The van der Waals surface area contributed by atoms with Crippen molar-refractivity contribution in [2.45, 2.75) is 17.7 Å². The van der Waals surface area contributed by atoms with Crippen molar-refractivity contribution in [3.05, 3.63) is 46.5 Å². The number of rotatable bonds is 4. The molecule has 124 valence electrons. The van der Waals surface area contributed by atoms with Crippen LogP contribution in [0.4, 0.5) is 0 Å². The van der Waals surface area contributed by atoms with E-state index < -0.39 is 18.0 Å². The summed E-state index contributed by atoms with van der Waals surface area (Å²) in [7, 11) is 1.32. The lowest BCUT2D eigenvalue weighted by atomic mass is 9.98. The summed E-state index contributed by atoms with van der Waals surface area (Å²) in [6, 6.07) is 6.40. The van der Waals surface area contributed by atoms with Crippen molar-refractivity contribution in [2.75, 3.05) is 20.2 Å². The fourth-order valence-corrected chi connectivity index (χ4v) is 3.21. The number of methoxy groups -OCH3 is 1. The van der Waals surface area contributed by atoms with E-state index in [-0.39, 0.29) is 5.25 Å². The molecule has 0 aromatic heterocycles. The number of carbonyl (C=O) groups excluding carboxylic acids is 1. The molecule has 2 atom stereocenters. The third kappa shape index (κ3) is 4.28. The molecule has 0 spiro atoms. The Morgan fingerprint density at radius 1 is 1.48 bits per heavy atom. The van der Waals surface area contributed by atoms with E-state index in [4.69, 9.17) is 21.4 Å². The van der Waals surface area contributed by atoms with Gasteiger partial charge >= 0.3 is 11.9 Å². The molecule has 0 saturated carbocycles. The Balaban J connectivity index is 2.35. The second-order valence-electron chi connectivity index (χ2n) is 5.28. The molecule has 1 aliphatic heterocycles. The van der Waals surface area contributed by atoms with Gasteiger partial charge in [0.05, 0.1) is 7.11 Å². The molecule has 23 heavy (non-hydrogen) atoms. The number of nitrogens with zero attached hydrogens (tertiary/aromatic N) is 1. The Hall–Kier alpha value is -1.50. The monoisotopic (exact) mass is 355 g/mol. The first-order chi connectivity index (χ1) is 10.9. The van der Waals surface area contributed by atoms with Crippen LogP contribution in [0.3, 0.4) is 0 Å². The van der Waals surface area contributed by atoms with E-state index in [1.807, 2.05) is 4.90 Å². The van der Waals surface area contributed by atoms with Crippen LogP contribution in [0.25, 0.3) is 0 Å². The fourth-order valence-electron chi connectivity index (χ4n) is 2.69. The predicted molar refractivity (Wildman–Crippen MR) is 90.9 cm³/mol. The minimum Gasteiger partial charge on any atom is -0.478 e. The quantitative estimate of drug-likeness (QED) is 0.493. The van der Waals surface area contributed by atoms with E-state index in [1.165, 1.54) is 7.11 Å². The number of piperidine rings is 1. The Morgan fingerprint density at radius 2 is 2.17 bits per heavy atom. The van der Waals surface area contributed by atoms with Crippen molar-refractivity contribution in [1.82, 2.24) is 4.90 Å². The highest BCUT2D eigenvalue weighted by atomic mass is 35.5. The van der Waals surface area contributed by atoms with Crippen molar-refractivity contribution >= 4 is 36.2 Å². The SMILES string of the molecule is COC(=O)[C@@H](c1ccccc1Cl)N1CC[C@H](S)/C(=C\C(=O)O)C1. The van der Waals surface area contributed by atoms with Crippen LogP contribution in [-0.2, 0) is 14.3 Å². The van der Waals surface area contributed by atoms with Crippen LogP contribution in [0.2, 0.25) is 5.02 Å². The summed E-state index contributed by atoms with van der Waals surface area (Å²) in [6.45, 7) is 0.918. The van der Waals surface area contributed by atoms with Gasteiger partial charge in [0.1, 0.15) is 6.04 Å². The second kappa shape index (κ2) is 7.86. The standard InChI is InChI=1S/C16H18ClNO4S/c1-22-16(21)15(11-4-2-3-5-12(11)17)18-7-6-13(23)10(9-18)8-14(19)20/h2-5,8,13,15,23H,6-7,9H2,1H3,(H,19,20)/b10-8-/t13-,15+/m0/s1. The number of ether oxygens (including phenoxy) is 1. The lowest BCUT2D eigenvalue weighted by Crippen LogP contribution is -2.42. The topological polar surface area (TPSA) is 66.8 Å². The molecule has 2 rings (SSSR count). The third-order valence-electron chi connectivity index (χ3n) is 3.80. The first-order valence-electron chi connectivity index (χ1n) is 7.11. The smallest absolute Gasteiger partial charge is 0.328 e. The van der Waals surface area contributed by atoms with Gasteiger partial charge in [-0.05, 0) is 23.6 Å². The molecule has 7 heteroatoms. The van der Waals surface area contributed by atoms with Crippen LogP contribution in [0.1, 0.15) is 18.0 Å². The molecule has 1 aromatic rings. The molecule has 0 aliphatic carbocycles. The van der Waals surface area contributed by atoms with Crippen LogP contribution in [0.15, 0.2) is 35.9 Å². The molecule has 1 N–H and O–H groups in total. The average molecular weight is 356 g/mol. The molecule has 0 bridgehead atoms. The number of thiol groups is 1. The van der Waals surface area contributed by atoms with E-state index >= 15 is 0 Å². The number of hydrogen-bond acceptors (Lipinski definition) is 5. The van der Waals surface area contributed by atoms with Gasteiger partial charge in [-0.25, -0.2) is 9.59 Å². The van der Waals surface area contributed by atoms with E-state index in [0.717, 1.165) is 6.08 Å². The van der Waals surface area contributed by atoms with E-state index in [2.05, 4.69) is 12.6 Å². The van der Waals surface area contributed by atoms with Crippen molar-refractivity contribution in [3.8, 4) is 0 Å². The van der Waals surface area contributed by atoms with Crippen LogP contribution < -0.4 is 0 Å². The number of likely N-dealkylation sites (tertiary alicyclic amines) is 1. The number of carbonyl (C=O) groups is 2. The Kier molecular flexibility index (Phi) is 6.10. The number of benzene rings is 1. The van der Waals surface area contributed by atoms with Crippen LogP contribution in [0.5, 0.6) is 0 Å². The third-order valence-corrected chi connectivity index (χ3v) is 4.74. The van der Waals surface area contributed by atoms with Crippen LogP contribution in [-0.4, -0.2) is 47.4 Å². The molecule has 0 radical (unpaired) electrons. The summed E-state index contributed by atoms with van der Waals surface area (Å²) in [4.78, 5) is 25.1. The van der Waals surface area contributed by atoms with Gasteiger partial charge in [0.2, 0.25) is 0 Å². The van der Waals surface area contributed by atoms with Gasteiger partial charge in [0.15, 0.2) is 0 Å². The Labute approximate surface area is 145 Å². The maximum absolute atomic E-state index is 12.3. The van der Waals surface area contributed by atoms with Crippen LogP contribution in [0, 0.1) is 0 Å². The van der Waals surface area contributed by atoms with Gasteiger partial charge in [0, 0.05) is 29.4 Å². The van der Waals surface area contributed by atoms with Gasteiger partial charge in [-0.15, -0.1) is 0 Å². The zero-order chi connectivity index (χ0) is 17.0. The van der Waals surface area contributed by atoms with Gasteiger partial charge < -0.3 is 9.84 Å². The molecular formula is C16H18ClNO4S. The number of hydrogen-bond donors (Lipinski definition) is 2. The lowest BCUT2D eigenvalue weighted by molar-refractivity contribution is -0.147. The molecule has 5 nitrogen and oxygen atoms in total. The molecule has 1 heterocycles. The number of carboxylic acids is 1. The van der Waals surface area contributed by atoms with Crippen LogP contribution >= 0.6 is 24.2 Å². The van der Waals surface area contributed by atoms with Gasteiger partial charge in [0.25, 0.3) is 0 Å². The summed E-state index contributed by atoms with van der Waals surface area (Å²) < 4.78 is 4.92. The maximum Gasteiger partial charge on any atom is 0.328 e. The Bertz CT molecular complexity index is 634. The highest BCUT2D eigenvalue weighted by Crippen LogP contribution is 2.33. The van der Waals surface area contributed by atoms with Crippen molar-refractivity contribution in [3.63, 3.8) is 0 Å². The molecule has 1 saturated heterocycles. The average Bonchev–Trinajstić information content (AvgIpc) is 2.51. The highest BCUT2D eigenvalue weighted by molar-refractivity contribution is 7.81. The summed E-state index contributed by atoms with van der Waals surface area (Å²) in [5.74, 6) is -1.45. The largest absolute Gasteiger partial charge is 0.478 e. The summed E-state index contributed by atoms with van der Waals surface area (Å²) in [5, 5.41) is 9.32. The van der Waals surface area contributed by atoms with E-state index in [0.29, 0.717) is 35.7 Å². The first kappa shape index (κ1) is 17.8. The molecule has 0 amide bonds. The summed E-state index contributed by atoms with van der Waals surface area (Å²) in [5.41, 5.74) is 1.31. The summed E-state index contributed by atoms with van der Waals surface area (Å²) >= 11 is 10.7. The molecule has 0 unspecified atom stereocenters. The number of aliphatic carboxylic acids is 1. The molecule has 1 aliphatic rings. The fraction of sp³-hybridized carbons (Fsp3) is 0.375. The van der Waals surface area contributed by atoms with Gasteiger partial charge in [-0.3, -0.25) is 4.90 Å². The zero-order valence-electron chi connectivity index (χ0n) is 12.6. The molecule has 1 fully saturated rings. The van der Waals surface area contributed by atoms with Crippen molar-refractivity contribution in [1.29, 1.82) is 0 Å². The van der Waals surface area contributed by atoms with Gasteiger partial charge in [-0.1, -0.05) is 29.8 Å². The minimum absolute atomic E-state index is 0.133. The van der Waals surface area contributed by atoms with Crippen molar-refractivity contribution in [2.24, 2.45) is 0 Å². The number of halogens is 1. The number of carboxylic acid groups (broad SMARTS) is 1. The number of esters is 1. The normalized spacial score (nSPS) is 21.9. The van der Waals surface area contributed by atoms with Gasteiger partial charge in [-0.2, -0.15) is 12.6 Å². The first-order valence-corrected chi connectivity index (χ1v) is 8.01. The maximum atomic E-state index is 12.3. The van der Waals surface area contributed by atoms with Crippen molar-refractivity contribution < 1.29 is 19.4 Å². The predicted octanol–water partition coefficient (Wildman–Crippen LogP) is 2.57. The summed E-state index contributed by atoms with van der Waals surface area (Å²) in [6.07, 6.45) is 1.80. The molecule has 1 aromatic carbocycles. The lowest BCUT2D eigenvalue weighted by Gasteiger charge is -2.36. The Morgan fingerprint density at radius 3 is 2.78 bits per heavy atom.